The van der Waals surface area contributed by atoms with Gasteiger partial charge in [0.25, 0.3) is 0 Å². The maximum atomic E-state index is 11.3. The van der Waals surface area contributed by atoms with Gasteiger partial charge in [-0.25, -0.2) is 14.9 Å². The van der Waals surface area contributed by atoms with Gasteiger partial charge >= 0.3 is 5.97 Å². The van der Waals surface area contributed by atoms with Crippen molar-refractivity contribution in [1.29, 1.82) is 0 Å². The lowest BCUT2D eigenvalue weighted by atomic mass is 10.3. The predicted molar refractivity (Wildman–Crippen MR) is 88.9 cm³/mol. The lowest BCUT2D eigenvalue weighted by Crippen LogP contribution is -2.35. The molecule has 1 N–H and O–H groups in total. The van der Waals surface area contributed by atoms with Crippen LogP contribution in [0.3, 0.4) is 0 Å². The number of nitrogens with one attached hydrogen (secondary N) is 1. The summed E-state index contributed by atoms with van der Waals surface area (Å²) >= 11 is 12.2. The van der Waals surface area contributed by atoms with Gasteiger partial charge in [-0.1, -0.05) is 29.3 Å². The highest BCUT2D eigenvalue weighted by atomic mass is 35.5. The Morgan fingerprint density at radius 2 is 2.09 bits per heavy atom. The van der Waals surface area contributed by atoms with Crippen molar-refractivity contribution < 1.29 is 14.4 Å². The molecule has 1 heterocycles. The number of para-hydroxylation sites is 1. The number of halogens is 3. The number of esters is 1. The quantitative estimate of drug-likeness (QED) is 0.810. The molecule has 0 fully saturated rings. The first kappa shape index (κ1) is 18.8. The van der Waals surface area contributed by atoms with Crippen molar-refractivity contribution in [3.8, 4) is 0 Å². The van der Waals surface area contributed by atoms with Gasteiger partial charge in [-0.3, -0.25) is 4.84 Å². The summed E-state index contributed by atoms with van der Waals surface area (Å²) in [6.07, 6.45) is 0. The summed E-state index contributed by atoms with van der Waals surface area (Å²) in [5.41, 5.74) is 0.547. The smallest absolute Gasteiger partial charge is 0.334 e. The molecule has 22 heavy (non-hydrogen) atoms. The first-order chi connectivity index (χ1) is 10.1. The lowest BCUT2D eigenvalue weighted by molar-refractivity contribution is -0.163. The van der Waals surface area contributed by atoms with Gasteiger partial charge < -0.3 is 10.1 Å². The number of hydrogen-bond acceptors (Lipinski definition) is 6. The highest BCUT2D eigenvalue weighted by Gasteiger charge is 2.21. The molecule has 1 aliphatic rings. The van der Waals surface area contributed by atoms with E-state index in [-0.39, 0.29) is 19.0 Å². The van der Waals surface area contributed by atoms with Crippen LogP contribution in [0.15, 0.2) is 23.2 Å². The van der Waals surface area contributed by atoms with Crippen molar-refractivity contribution in [2.45, 2.75) is 6.92 Å². The van der Waals surface area contributed by atoms with E-state index in [1.165, 1.54) is 5.06 Å². The SMILES string of the molecule is CCOC(=O)CON1CCN=C1Nc1c(Cl)cccc1Cl.Cl. The third-order valence-electron chi connectivity index (χ3n) is 2.64. The van der Waals surface area contributed by atoms with Crippen LogP contribution < -0.4 is 5.32 Å². The maximum Gasteiger partial charge on any atom is 0.334 e. The number of guanidine groups is 1. The average Bonchev–Trinajstić information content (AvgIpc) is 2.88. The van der Waals surface area contributed by atoms with Crippen molar-refractivity contribution >= 4 is 53.2 Å². The molecule has 0 atom stereocenters. The summed E-state index contributed by atoms with van der Waals surface area (Å²) in [6, 6.07) is 5.19. The highest BCUT2D eigenvalue weighted by Crippen LogP contribution is 2.30. The zero-order valence-corrected chi connectivity index (χ0v) is 14.2. The van der Waals surface area contributed by atoms with E-state index in [0.29, 0.717) is 41.4 Å². The maximum absolute atomic E-state index is 11.3. The minimum atomic E-state index is -0.431. The van der Waals surface area contributed by atoms with Gasteiger partial charge in [-0.15, -0.1) is 12.4 Å². The summed E-state index contributed by atoms with van der Waals surface area (Å²) in [5, 5.41) is 5.45. The van der Waals surface area contributed by atoms with Crippen LogP contribution in [0.2, 0.25) is 10.0 Å². The molecular formula is C13H16Cl3N3O3. The molecule has 2 rings (SSSR count). The number of carbonyl (C=O) groups excluding carboxylic acids is 1. The minimum Gasteiger partial charge on any atom is -0.464 e. The van der Waals surface area contributed by atoms with Gasteiger partial charge in [0.15, 0.2) is 6.61 Å². The first-order valence-corrected chi connectivity index (χ1v) is 7.19. The van der Waals surface area contributed by atoms with Crippen LogP contribution >= 0.6 is 35.6 Å². The summed E-state index contributed by atoms with van der Waals surface area (Å²) < 4.78 is 4.80. The van der Waals surface area contributed by atoms with E-state index in [1.54, 1.807) is 25.1 Å². The van der Waals surface area contributed by atoms with E-state index < -0.39 is 5.97 Å². The summed E-state index contributed by atoms with van der Waals surface area (Å²) in [5.74, 6) is 0.0221. The van der Waals surface area contributed by atoms with E-state index in [1.807, 2.05) is 0 Å². The summed E-state index contributed by atoms with van der Waals surface area (Å²) in [4.78, 5) is 20.9. The Hall–Kier alpha value is -1.21. The molecule has 9 heteroatoms. The molecule has 122 valence electrons. The van der Waals surface area contributed by atoms with E-state index in [2.05, 4.69) is 10.3 Å². The van der Waals surface area contributed by atoms with E-state index in [9.17, 15) is 4.79 Å². The van der Waals surface area contributed by atoms with Crippen LogP contribution in [0, 0.1) is 0 Å². The zero-order valence-electron chi connectivity index (χ0n) is 11.8. The zero-order chi connectivity index (χ0) is 15.2. The molecule has 0 radical (unpaired) electrons. The molecule has 1 aromatic rings. The van der Waals surface area contributed by atoms with Gasteiger partial charge in [0.05, 0.1) is 35.4 Å². The standard InChI is InChI=1S/C13H15Cl2N3O3.ClH/c1-2-20-11(19)8-21-18-7-6-16-13(18)17-12-9(14)4-3-5-10(12)15;/h3-5H,2,6-8H2,1H3,(H,16,17);1H. The minimum absolute atomic E-state index is 0. The van der Waals surface area contributed by atoms with E-state index >= 15 is 0 Å². The summed E-state index contributed by atoms with van der Waals surface area (Å²) in [6.45, 7) is 2.96. The Labute approximate surface area is 144 Å². The van der Waals surface area contributed by atoms with E-state index in [0.717, 1.165) is 0 Å². The fourth-order valence-electron chi connectivity index (χ4n) is 1.72. The molecule has 0 aliphatic carbocycles. The highest BCUT2D eigenvalue weighted by molar-refractivity contribution is 6.39. The Morgan fingerprint density at radius 1 is 1.41 bits per heavy atom. The van der Waals surface area contributed by atoms with Gasteiger partial charge in [0.2, 0.25) is 5.96 Å². The number of anilines is 1. The number of aliphatic imine (C=N–C) groups is 1. The topological polar surface area (TPSA) is 63.2 Å². The van der Waals surface area contributed by atoms with Crippen LogP contribution in [0.5, 0.6) is 0 Å². The fraction of sp³-hybridized carbons (Fsp3) is 0.385. The molecule has 1 aromatic carbocycles. The number of ether oxygens (including phenoxy) is 1. The van der Waals surface area contributed by atoms with Crippen LogP contribution in [0.25, 0.3) is 0 Å². The average molecular weight is 369 g/mol. The van der Waals surface area contributed by atoms with Crippen molar-refractivity contribution in [3.63, 3.8) is 0 Å². The second kappa shape index (κ2) is 9.05. The number of hydrogen-bond donors (Lipinski definition) is 1. The normalized spacial score (nSPS) is 13.4. The molecule has 6 nitrogen and oxygen atoms in total. The molecule has 0 spiro atoms. The molecule has 0 saturated heterocycles. The molecule has 0 saturated carbocycles. The lowest BCUT2D eigenvalue weighted by Gasteiger charge is -2.20. The van der Waals surface area contributed by atoms with Crippen LogP contribution in [0.4, 0.5) is 5.69 Å². The number of carbonyl (C=O) groups is 1. The molecule has 0 amide bonds. The Bertz CT molecular complexity index is 534. The molecule has 0 bridgehead atoms. The van der Waals surface area contributed by atoms with Gasteiger partial charge in [0.1, 0.15) is 0 Å². The molecule has 0 unspecified atom stereocenters. The van der Waals surface area contributed by atoms with Crippen molar-refractivity contribution in [2.24, 2.45) is 4.99 Å². The number of nitrogens with zero attached hydrogens (tertiary/aromatic N) is 2. The van der Waals surface area contributed by atoms with Crippen LogP contribution in [-0.2, 0) is 14.4 Å². The van der Waals surface area contributed by atoms with E-state index in [4.69, 9.17) is 32.8 Å². The Kier molecular flexibility index (Phi) is 7.75. The molecule has 0 aromatic heterocycles. The molecular weight excluding hydrogens is 353 g/mol. The van der Waals surface area contributed by atoms with Crippen molar-refractivity contribution in [2.75, 3.05) is 31.6 Å². The van der Waals surface area contributed by atoms with Crippen LogP contribution in [-0.4, -0.2) is 43.3 Å². The van der Waals surface area contributed by atoms with Crippen LogP contribution in [0.1, 0.15) is 6.92 Å². The third-order valence-corrected chi connectivity index (χ3v) is 3.27. The second-order valence-corrected chi connectivity index (χ2v) is 4.92. The third kappa shape index (κ3) is 4.91. The monoisotopic (exact) mass is 367 g/mol. The van der Waals surface area contributed by atoms with Crippen molar-refractivity contribution in [3.05, 3.63) is 28.2 Å². The van der Waals surface area contributed by atoms with Gasteiger partial charge in [0, 0.05) is 0 Å². The Balaban J connectivity index is 0.00000242. The van der Waals surface area contributed by atoms with Gasteiger partial charge in [-0.2, -0.15) is 0 Å². The fourth-order valence-corrected chi connectivity index (χ4v) is 2.21. The Morgan fingerprint density at radius 3 is 2.73 bits per heavy atom. The van der Waals surface area contributed by atoms with Gasteiger partial charge in [-0.05, 0) is 19.1 Å². The number of rotatable bonds is 5. The number of hydroxylamine groups is 2. The number of benzene rings is 1. The first-order valence-electron chi connectivity index (χ1n) is 6.43. The predicted octanol–water partition coefficient (Wildman–Crippen LogP) is 2.99. The molecule has 1 aliphatic heterocycles. The summed E-state index contributed by atoms with van der Waals surface area (Å²) in [7, 11) is 0. The van der Waals surface area contributed by atoms with Crippen molar-refractivity contribution in [1.82, 2.24) is 5.06 Å². The second-order valence-electron chi connectivity index (χ2n) is 4.11. The largest absolute Gasteiger partial charge is 0.464 e.